The lowest BCUT2D eigenvalue weighted by atomic mass is 10.0. The Kier molecular flexibility index (Phi) is 5.71. The number of Topliss-reactive ketones (excluding diaryl/α,β-unsaturated/α-hetero) is 1. The summed E-state index contributed by atoms with van der Waals surface area (Å²) in [5, 5.41) is 8.54. The Bertz CT molecular complexity index is 375. The zero-order chi connectivity index (χ0) is 11.4. The van der Waals surface area contributed by atoms with Gasteiger partial charge in [0.25, 0.3) is 0 Å². The van der Waals surface area contributed by atoms with Crippen LogP contribution in [0.4, 0.5) is 0 Å². The highest BCUT2D eigenvalue weighted by atomic mass is 35.5. The molecule has 0 heterocycles. The maximum Gasteiger partial charge on any atom is 0.320 e. The van der Waals surface area contributed by atoms with Crippen LogP contribution >= 0.6 is 12.4 Å². The molecule has 0 radical (unpaired) electrons. The molecule has 1 rings (SSSR count). The molecule has 0 aromatic heterocycles. The number of aryl methyl sites for hydroxylation is 1. The molecule has 3 N–H and O–H groups in total. The molecule has 0 aliphatic rings. The molecule has 0 bridgehead atoms. The van der Waals surface area contributed by atoms with Crippen LogP contribution in [0.5, 0.6) is 0 Å². The van der Waals surface area contributed by atoms with Crippen molar-refractivity contribution in [1.82, 2.24) is 0 Å². The van der Waals surface area contributed by atoms with Crippen LogP contribution in [0.15, 0.2) is 24.3 Å². The summed E-state index contributed by atoms with van der Waals surface area (Å²) in [6, 6.07) is 5.83. The Hall–Kier alpha value is -1.39. The Balaban J connectivity index is 0.00000225. The largest absolute Gasteiger partial charge is 0.480 e. The van der Waals surface area contributed by atoms with E-state index in [0.717, 1.165) is 5.56 Å². The van der Waals surface area contributed by atoms with Crippen LogP contribution in [0.2, 0.25) is 0 Å². The Morgan fingerprint density at radius 2 is 1.81 bits per heavy atom. The molecule has 1 aromatic carbocycles. The molecule has 0 aliphatic carbocycles. The second-order valence-electron chi connectivity index (χ2n) is 3.44. The van der Waals surface area contributed by atoms with Gasteiger partial charge in [0.1, 0.15) is 6.04 Å². The third-order valence-electron chi connectivity index (χ3n) is 2.10. The number of benzene rings is 1. The Labute approximate surface area is 99.9 Å². The summed E-state index contributed by atoms with van der Waals surface area (Å²) in [6.07, 6.45) is -0.168. The lowest BCUT2D eigenvalue weighted by Gasteiger charge is -2.05. The van der Waals surface area contributed by atoms with E-state index in [1.165, 1.54) is 0 Å². The summed E-state index contributed by atoms with van der Waals surface area (Å²) < 4.78 is 0. The quantitative estimate of drug-likeness (QED) is 0.784. The fourth-order valence-corrected chi connectivity index (χ4v) is 1.14. The fourth-order valence-electron chi connectivity index (χ4n) is 1.14. The van der Waals surface area contributed by atoms with E-state index in [1.54, 1.807) is 24.3 Å². The van der Waals surface area contributed by atoms with Gasteiger partial charge in [0, 0.05) is 12.0 Å². The molecular formula is C11H14ClNO3. The molecule has 0 spiro atoms. The molecule has 0 amide bonds. The number of rotatable bonds is 4. The van der Waals surface area contributed by atoms with Crippen LogP contribution in [-0.4, -0.2) is 22.9 Å². The average molecular weight is 244 g/mol. The van der Waals surface area contributed by atoms with Crippen molar-refractivity contribution in [3.8, 4) is 0 Å². The van der Waals surface area contributed by atoms with E-state index < -0.39 is 12.0 Å². The van der Waals surface area contributed by atoms with E-state index in [9.17, 15) is 9.59 Å². The van der Waals surface area contributed by atoms with Crippen LogP contribution < -0.4 is 5.73 Å². The zero-order valence-corrected chi connectivity index (χ0v) is 9.66. The molecule has 88 valence electrons. The van der Waals surface area contributed by atoms with Gasteiger partial charge >= 0.3 is 5.97 Å². The smallest absolute Gasteiger partial charge is 0.320 e. The Morgan fingerprint density at radius 1 is 1.31 bits per heavy atom. The molecule has 16 heavy (non-hydrogen) atoms. The lowest BCUT2D eigenvalue weighted by molar-refractivity contribution is -0.138. The number of hydrogen-bond donors (Lipinski definition) is 2. The topological polar surface area (TPSA) is 80.4 Å². The molecule has 0 saturated carbocycles. The van der Waals surface area contributed by atoms with Gasteiger partial charge in [-0.25, -0.2) is 0 Å². The second-order valence-corrected chi connectivity index (χ2v) is 3.44. The third-order valence-corrected chi connectivity index (χ3v) is 2.10. The van der Waals surface area contributed by atoms with E-state index in [4.69, 9.17) is 10.8 Å². The van der Waals surface area contributed by atoms with Gasteiger partial charge in [-0.2, -0.15) is 0 Å². The molecule has 1 aromatic rings. The minimum absolute atomic E-state index is 0. The van der Waals surface area contributed by atoms with E-state index in [2.05, 4.69) is 0 Å². The Morgan fingerprint density at radius 3 is 2.25 bits per heavy atom. The molecular weight excluding hydrogens is 230 g/mol. The molecule has 0 fully saturated rings. The third kappa shape index (κ3) is 4.00. The normalized spacial score (nSPS) is 11.4. The predicted octanol–water partition coefficient (Wildman–Crippen LogP) is 1.40. The maximum atomic E-state index is 11.5. The van der Waals surface area contributed by atoms with E-state index in [-0.39, 0.29) is 24.6 Å². The number of carboxylic acids is 1. The molecule has 0 saturated heterocycles. The van der Waals surface area contributed by atoms with Gasteiger partial charge < -0.3 is 10.8 Å². The zero-order valence-electron chi connectivity index (χ0n) is 8.84. The second kappa shape index (κ2) is 6.25. The van der Waals surface area contributed by atoms with Crippen molar-refractivity contribution in [3.05, 3.63) is 35.4 Å². The lowest BCUT2D eigenvalue weighted by Crippen LogP contribution is -2.32. The minimum Gasteiger partial charge on any atom is -0.480 e. The highest BCUT2D eigenvalue weighted by Crippen LogP contribution is 2.07. The number of ketones is 1. The monoisotopic (exact) mass is 243 g/mol. The first-order valence-electron chi connectivity index (χ1n) is 4.59. The summed E-state index contributed by atoms with van der Waals surface area (Å²) in [7, 11) is 0. The SMILES string of the molecule is Cc1ccc(C(=O)CC(N)C(=O)O)cc1.Cl. The summed E-state index contributed by atoms with van der Waals surface area (Å²) in [5.74, 6) is -1.40. The predicted molar refractivity (Wildman–Crippen MR) is 63.0 cm³/mol. The van der Waals surface area contributed by atoms with Crippen molar-refractivity contribution < 1.29 is 14.7 Å². The first-order chi connectivity index (χ1) is 7.00. The fraction of sp³-hybridized carbons (Fsp3) is 0.273. The average Bonchev–Trinajstić information content (AvgIpc) is 2.18. The van der Waals surface area contributed by atoms with Gasteiger partial charge in [-0.15, -0.1) is 12.4 Å². The van der Waals surface area contributed by atoms with Gasteiger partial charge in [0.15, 0.2) is 5.78 Å². The van der Waals surface area contributed by atoms with Crippen LogP contribution in [-0.2, 0) is 4.79 Å². The van der Waals surface area contributed by atoms with Crippen LogP contribution in [0, 0.1) is 6.92 Å². The summed E-state index contributed by atoms with van der Waals surface area (Å²) >= 11 is 0. The van der Waals surface area contributed by atoms with Gasteiger partial charge in [-0.05, 0) is 6.92 Å². The number of carboxylic acid groups (broad SMARTS) is 1. The molecule has 1 unspecified atom stereocenters. The number of nitrogens with two attached hydrogens (primary N) is 1. The summed E-state index contributed by atoms with van der Waals surface area (Å²) in [5.41, 5.74) is 6.81. The van der Waals surface area contributed by atoms with E-state index >= 15 is 0 Å². The highest BCUT2D eigenvalue weighted by Gasteiger charge is 2.17. The number of halogens is 1. The number of carbonyl (C=O) groups excluding carboxylic acids is 1. The molecule has 4 nitrogen and oxygen atoms in total. The highest BCUT2D eigenvalue weighted by molar-refractivity contribution is 5.98. The van der Waals surface area contributed by atoms with Crippen LogP contribution in [0.3, 0.4) is 0 Å². The van der Waals surface area contributed by atoms with Crippen LogP contribution in [0.25, 0.3) is 0 Å². The van der Waals surface area contributed by atoms with Crippen molar-refractivity contribution in [2.75, 3.05) is 0 Å². The maximum absolute atomic E-state index is 11.5. The first kappa shape index (κ1) is 14.6. The van der Waals surface area contributed by atoms with E-state index in [0.29, 0.717) is 5.56 Å². The summed E-state index contributed by atoms with van der Waals surface area (Å²) in [4.78, 5) is 22.0. The number of carbonyl (C=O) groups is 2. The van der Waals surface area contributed by atoms with Crippen molar-refractivity contribution in [2.24, 2.45) is 5.73 Å². The number of hydrogen-bond acceptors (Lipinski definition) is 3. The van der Waals surface area contributed by atoms with Gasteiger partial charge in [-0.3, -0.25) is 9.59 Å². The minimum atomic E-state index is -1.16. The molecule has 0 aliphatic heterocycles. The van der Waals surface area contributed by atoms with Crippen molar-refractivity contribution in [3.63, 3.8) is 0 Å². The van der Waals surface area contributed by atoms with Gasteiger partial charge in [-0.1, -0.05) is 29.8 Å². The molecule has 5 heteroatoms. The van der Waals surface area contributed by atoms with Crippen molar-refractivity contribution in [1.29, 1.82) is 0 Å². The standard InChI is InChI=1S/C11H13NO3.ClH/c1-7-2-4-8(5-3-7)10(13)6-9(12)11(14)15;/h2-5,9H,6,12H2,1H3,(H,14,15);1H. The van der Waals surface area contributed by atoms with Crippen molar-refractivity contribution in [2.45, 2.75) is 19.4 Å². The van der Waals surface area contributed by atoms with Crippen molar-refractivity contribution >= 4 is 24.2 Å². The van der Waals surface area contributed by atoms with Gasteiger partial charge in [0.05, 0.1) is 0 Å². The first-order valence-corrected chi connectivity index (χ1v) is 4.59. The molecule has 1 atom stereocenters. The van der Waals surface area contributed by atoms with Gasteiger partial charge in [0.2, 0.25) is 0 Å². The van der Waals surface area contributed by atoms with Crippen LogP contribution in [0.1, 0.15) is 22.3 Å². The number of aliphatic carboxylic acids is 1. The van der Waals surface area contributed by atoms with E-state index in [1.807, 2.05) is 6.92 Å². The summed E-state index contributed by atoms with van der Waals surface area (Å²) in [6.45, 7) is 1.91.